The summed E-state index contributed by atoms with van der Waals surface area (Å²) in [4.78, 5) is 4.52. The van der Waals surface area contributed by atoms with Gasteiger partial charge in [-0.2, -0.15) is 5.26 Å². The fraction of sp³-hybridized carbons (Fsp3) is 0.400. The average Bonchev–Trinajstić information content (AvgIpc) is 2.90. The van der Waals surface area contributed by atoms with Gasteiger partial charge in [0.2, 0.25) is 5.75 Å². The minimum Gasteiger partial charge on any atom is -0.493 e. The van der Waals surface area contributed by atoms with E-state index in [2.05, 4.69) is 11.1 Å². The van der Waals surface area contributed by atoms with E-state index < -0.39 is 0 Å². The summed E-state index contributed by atoms with van der Waals surface area (Å²) in [5.74, 6) is 1.88. The number of methoxy groups -OCH3 is 3. The van der Waals surface area contributed by atoms with Gasteiger partial charge in [0.05, 0.1) is 21.3 Å². The molecule has 3 rings (SSSR count). The number of nitriles is 1. The molecule has 1 aliphatic carbocycles. The van der Waals surface area contributed by atoms with E-state index in [-0.39, 0.29) is 5.82 Å². The highest BCUT2D eigenvalue weighted by Crippen LogP contribution is 2.44. The molecular formula is C20H23N3O3. The molecule has 0 atom stereocenters. The van der Waals surface area contributed by atoms with Crippen LogP contribution in [0.2, 0.25) is 0 Å². The largest absolute Gasteiger partial charge is 0.493 e. The van der Waals surface area contributed by atoms with Gasteiger partial charge in [-0.1, -0.05) is 6.42 Å². The van der Waals surface area contributed by atoms with Gasteiger partial charge >= 0.3 is 0 Å². The van der Waals surface area contributed by atoms with Crippen molar-refractivity contribution in [2.45, 2.75) is 32.1 Å². The molecule has 1 heterocycles. The van der Waals surface area contributed by atoms with Crippen LogP contribution in [-0.4, -0.2) is 26.3 Å². The van der Waals surface area contributed by atoms with Crippen molar-refractivity contribution < 1.29 is 14.2 Å². The highest BCUT2D eigenvalue weighted by molar-refractivity contribution is 5.82. The first-order valence-electron chi connectivity index (χ1n) is 8.66. The fourth-order valence-electron chi connectivity index (χ4n) is 3.60. The normalized spacial score (nSPS) is 13.3. The highest BCUT2D eigenvalue weighted by atomic mass is 16.5. The van der Waals surface area contributed by atoms with Crippen LogP contribution in [0, 0.1) is 11.3 Å². The Morgan fingerprint density at radius 3 is 2.23 bits per heavy atom. The number of anilines is 1. The molecule has 1 aromatic carbocycles. The number of aromatic nitrogens is 1. The lowest BCUT2D eigenvalue weighted by Gasteiger charge is -2.19. The van der Waals surface area contributed by atoms with Gasteiger partial charge in [0.25, 0.3) is 0 Å². The van der Waals surface area contributed by atoms with Crippen molar-refractivity contribution in [1.82, 2.24) is 4.98 Å². The quantitative estimate of drug-likeness (QED) is 0.846. The predicted octanol–water partition coefficient (Wildman–Crippen LogP) is 3.50. The van der Waals surface area contributed by atoms with Crippen molar-refractivity contribution in [1.29, 1.82) is 5.26 Å². The van der Waals surface area contributed by atoms with Crippen molar-refractivity contribution in [3.05, 3.63) is 29.0 Å². The standard InChI is InChI=1S/C20H23N3O3/c1-24-16-9-12(10-17(25-2)19(16)26-3)18-13-7-5-4-6-8-15(13)23-20(22)14(18)11-21/h9-10H,4-8H2,1-3H3,(H2,22,23). The molecule has 2 N–H and O–H groups in total. The summed E-state index contributed by atoms with van der Waals surface area (Å²) in [5, 5.41) is 9.73. The third-order valence-electron chi connectivity index (χ3n) is 4.82. The lowest BCUT2D eigenvalue weighted by atomic mass is 9.91. The molecule has 26 heavy (non-hydrogen) atoms. The van der Waals surface area contributed by atoms with Crippen molar-refractivity contribution in [3.8, 4) is 34.4 Å². The van der Waals surface area contributed by atoms with Crippen LogP contribution in [0.25, 0.3) is 11.1 Å². The molecule has 0 bridgehead atoms. The molecule has 6 nitrogen and oxygen atoms in total. The third kappa shape index (κ3) is 3.01. The van der Waals surface area contributed by atoms with E-state index >= 15 is 0 Å². The van der Waals surface area contributed by atoms with E-state index in [0.717, 1.165) is 54.5 Å². The van der Waals surface area contributed by atoms with Gasteiger partial charge in [0.15, 0.2) is 11.5 Å². The lowest BCUT2D eigenvalue weighted by molar-refractivity contribution is 0.324. The number of fused-ring (bicyclic) bond motifs is 1. The summed E-state index contributed by atoms with van der Waals surface area (Å²) >= 11 is 0. The van der Waals surface area contributed by atoms with Crippen LogP contribution in [0.15, 0.2) is 12.1 Å². The first-order valence-corrected chi connectivity index (χ1v) is 8.66. The van der Waals surface area contributed by atoms with E-state index in [1.165, 1.54) is 0 Å². The Hall–Kier alpha value is -2.94. The van der Waals surface area contributed by atoms with Crippen LogP contribution < -0.4 is 19.9 Å². The van der Waals surface area contributed by atoms with Crippen LogP contribution in [-0.2, 0) is 12.8 Å². The van der Waals surface area contributed by atoms with Crippen molar-refractivity contribution in [2.24, 2.45) is 0 Å². The summed E-state index contributed by atoms with van der Waals surface area (Å²) in [6.07, 6.45) is 5.06. The first kappa shape index (κ1) is 17.9. The van der Waals surface area contributed by atoms with Crippen LogP contribution in [0.1, 0.15) is 36.1 Å². The molecule has 0 radical (unpaired) electrons. The minimum atomic E-state index is 0.275. The van der Waals surface area contributed by atoms with E-state index in [4.69, 9.17) is 19.9 Å². The second kappa shape index (κ2) is 7.52. The monoisotopic (exact) mass is 353 g/mol. The summed E-state index contributed by atoms with van der Waals surface area (Å²) in [6, 6.07) is 5.96. The average molecular weight is 353 g/mol. The molecule has 2 aromatic rings. The zero-order chi connectivity index (χ0) is 18.7. The molecule has 1 aromatic heterocycles. The van der Waals surface area contributed by atoms with Crippen LogP contribution >= 0.6 is 0 Å². The van der Waals surface area contributed by atoms with Crippen molar-refractivity contribution in [2.75, 3.05) is 27.1 Å². The summed E-state index contributed by atoms with van der Waals surface area (Å²) in [5.41, 5.74) is 10.3. The molecule has 0 spiro atoms. The van der Waals surface area contributed by atoms with E-state index in [9.17, 15) is 5.26 Å². The number of pyridine rings is 1. The minimum absolute atomic E-state index is 0.275. The van der Waals surface area contributed by atoms with Crippen LogP contribution in [0.5, 0.6) is 17.2 Å². The molecular weight excluding hydrogens is 330 g/mol. The summed E-state index contributed by atoms with van der Waals surface area (Å²) in [6.45, 7) is 0. The molecule has 0 saturated heterocycles. The van der Waals surface area contributed by atoms with E-state index in [1.54, 1.807) is 21.3 Å². The maximum atomic E-state index is 9.73. The molecule has 136 valence electrons. The maximum Gasteiger partial charge on any atom is 0.203 e. The number of nitrogen functional groups attached to an aromatic ring is 1. The van der Waals surface area contributed by atoms with Crippen molar-refractivity contribution in [3.63, 3.8) is 0 Å². The molecule has 0 unspecified atom stereocenters. The second-order valence-electron chi connectivity index (χ2n) is 6.26. The third-order valence-corrected chi connectivity index (χ3v) is 4.82. The van der Waals surface area contributed by atoms with Gasteiger partial charge in [-0.15, -0.1) is 0 Å². The molecule has 0 aliphatic heterocycles. The Labute approximate surface area is 153 Å². The smallest absolute Gasteiger partial charge is 0.203 e. The number of hydrogen-bond acceptors (Lipinski definition) is 6. The highest BCUT2D eigenvalue weighted by Gasteiger charge is 2.23. The summed E-state index contributed by atoms with van der Waals surface area (Å²) < 4.78 is 16.4. The number of hydrogen-bond donors (Lipinski definition) is 1. The van der Waals surface area contributed by atoms with Gasteiger partial charge < -0.3 is 19.9 Å². The van der Waals surface area contributed by atoms with Gasteiger partial charge in [-0.25, -0.2) is 4.98 Å². The Morgan fingerprint density at radius 2 is 1.65 bits per heavy atom. The maximum absolute atomic E-state index is 9.73. The molecule has 0 fully saturated rings. The zero-order valence-electron chi connectivity index (χ0n) is 15.4. The second-order valence-corrected chi connectivity index (χ2v) is 6.26. The Balaban J connectivity index is 2.33. The van der Waals surface area contributed by atoms with Gasteiger partial charge in [-0.05, 0) is 48.9 Å². The predicted molar refractivity (Wildman–Crippen MR) is 99.7 cm³/mol. The summed E-state index contributed by atoms with van der Waals surface area (Å²) in [7, 11) is 4.72. The number of aryl methyl sites for hydroxylation is 1. The zero-order valence-corrected chi connectivity index (χ0v) is 15.4. The first-order chi connectivity index (χ1) is 12.6. The van der Waals surface area contributed by atoms with Crippen LogP contribution in [0.4, 0.5) is 5.82 Å². The van der Waals surface area contributed by atoms with E-state index in [0.29, 0.717) is 22.8 Å². The molecule has 1 aliphatic rings. The van der Waals surface area contributed by atoms with Crippen LogP contribution in [0.3, 0.4) is 0 Å². The van der Waals surface area contributed by atoms with E-state index in [1.807, 2.05) is 12.1 Å². The number of rotatable bonds is 4. The molecule has 6 heteroatoms. The number of nitrogens with two attached hydrogens (primary N) is 1. The Morgan fingerprint density at radius 1 is 1.00 bits per heavy atom. The number of benzene rings is 1. The van der Waals surface area contributed by atoms with Gasteiger partial charge in [0.1, 0.15) is 17.5 Å². The Bertz CT molecular complexity index is 847. The molecule has 0 saturated carbocycles. The number of ether oxygens (including phenoxy) is 3. The van der Waals surface area contributed by atoms with Crippen molar-refractivity contribution >= 4 is 5.82 Å². The SMILES string of the molecule is COc1cc(-c2c(C#N)c(N)nc3c2CCCCC3)cc(OC)c1OC. The lowest BCUT2D eigenvalue weighted by Crippen LogP contribution is -2.07. The topological polar surface area (TPSA) is 90.4 Å². The molecule has 0 amide bonds. The number of nitrogens with zero attached hydrogens (tertiary/aromatic N) is 2. The fourth-order valence-corrected chi connectivity index (χ4v) is 3.60. The Kier molecular flexibility index (Phi) is 5.17. The van der Waals surface area contributed by atoms with Gasteiger partial charge in [-0.3, -0.25) is 0 Å². The van der Waals surface area contributed by atoms with Gasteiger partial charge in [0, 0.05) is 11.3 Å².